The summed E-state index contributed by atoms with van der Waals surface area (Å²) in [6.45, 7) is 5.76. The van der Waals surface area contributed by atoms with E-state index >= 15 is 0 Å². The van der Waals surface area contributed by atoms with Gasteiger partial charge in [0, 0.05) is 11.9 Å². The van der Waals surface area contributed by atoms with E-state index < -0.39 is 12.0 Å². The molecule has 8 heteroatoms. The number of esters is 1. The van der Waals surface area contributed by atoms with E-state index in [1.807, 2.05) is 55.5 Å². The lowest BCUT2D eigenvalue weighted by atomic mass is 9.95. The number of nitrogens with one attached hydrogen (secondary N) is 1. The van der Waals surface area contributed by atoms with Crippen LogP contribution in [0, 0.1) is 6.92 Å². The minimum Gasteiger partial charge on any atom is -0.497 e. The van der Waals surface area contributed by atoms with Crippen LogP contribution >= 0.6 is 11.3 Å². The number of rotatable bonds is 6. The third kappa shape index (κ3) is 4.47. The Kier molecular flexibility index (Phi) is 6.46. The molecule has 33 heavy (non-hydrogen) atoms. The number of allylic oxidation sites excluding steroid dienone is 1. The maximum absolute atomic E-state index is 13.5. The first-order chi connectivity index (χ1) is 15.9. The van der Waals surface area contributed by atoms with Crippen LogP contribution in [0.4, 0.5) is 5.69 Å². The second-order valence-corrected chi connectivity index (χ2v) is 8.60. The van der Waals surface area contributed by atoms with Crippen LogP contribution in [0.15, 0.2) is 69.6 Å². The summed E-state index contributed by atoms with van der Waals surface area (Å²) in [4.78, 5) is 31.5. The Balaban J connectivity index is 1.87. The van der Waals surface area contributed by atoms with Gasteiger partial charge in [0.05, 0.1) is 31.0 Å². The first-order valence-corrected chi connectivity index (χ1v) is 11.4. The van der Waals surface area contributed by atoms with Gasteiger partial charge in [-0.3, -0.25) is 9.36 Å². The highest BCUT2D eigenvalue weighted by atomic mass is 32.1. The van der Waals surface area contributed by atoms with Crippen LogP contribution in [0.5, 0.6) is 5.75 Å². The summed E-state index contributed by atoms with van der Waals surface area (Å²) in [5, 5.41) is 3.18. The van der Waals surface area contributed by atoms with Crippen molar-refractivity contribution in [2.75, 3.05) is 19.0 Å². The maximum Gasteiger partial charge on any atom is 0.338 e. The Labute approximate surface area is 195 Å². The zero-order chi connectivity index (χ0) is 23.5. The number of thiazole rings is 1. The molecule has 3 aromatic rings. The number of anilines is 1. The lowest BCUT2D eigenvalue weighted by Crippen LogP contribution is -2.40. The van der Waals surface area contributed by atoms with Crippen LogP contribution in [0.3, 0.4) is 0 Å². The molecule has 7 nitrogen and oxygen atoms in total. The Morgan fingerprint density at radius 2 is 1.97 bits per heavy atom. The molecule has 0 fully saturated rings. The molecule has 0 aliphatic carbocycles. The molecule has 1 aromatic heterocycles. The first-order valence-electron chi connectivity index (χ1n) is 10.6. The molecule has 0 amide bonds. The molecule has 0 saturated carbocycles. The summed E-state index contributed by atoms with van der Waals surface area (Å²) in [6.07, 6.45) is 1.68. The van der Waals surface area contributed by atoms with Crippen LogP contribution < -0.4 is 24.9 Å². The molecule has 4 rings (SSSR count). The zero-order valence-corrected chi connectivity index (χ0v) is 19.7. The van der Waals surface area contributed by atoms with E-state index in [-0.39, 0.29) is 12.2 Å². The summed E-state index contributed by atoms with van der Waals surface area (Å²) in [5.74, 6) is 0.146. The molecule has 2 aromatic carbocycles. The molecule has 1 N–H and O–H groups in total. The molecule has 0 saturated heterocycles. The number of ether oxygens (including phenoxy) is 2. The molecule has 1 atom stereocenters. The van der Waals surface area contributed by atoms with Gasteiger partial charge in [-0.15, -0.1) is 0 Å². The largest absolute Gasteiger partial charge is 0.497 e. The van der Waals surface area contributed by atoms with Crippen LogP contribution in [-0.2, 0) is 9.53 Å². The second kappa shape index (κ2) is 9.46. The van der Waals surface area contributed by atoms with E-state index in [9.17, 15) is 9.59 Å². The summed E-state index contributed by atoms with van der Waals surface area (Å²) < 4.78 is 12.7. The Morgan fingerprint density at radius 1 is 1.21 bits per heavy atom. The smallest absolute Gasteiger partial charge is 0.338 e. The monoisotopic (exact) mass is 463 g/mol. The molecule has 1 aliphatic rings. The number of hydrogen-bond donors (Lipinski definition) is 1. The number of fused-ring (bicyclic) bond motifs is 1. The van der Waals surface area contributed by atoms with Gasteiger partial charge >= 0.3 is 5.97 Å². The van der Waals surface area contributed by atoms with Gasteiger partial charge in [0.15, 0.2) is 4.80 Å². The number of methoxy groups -OCH3 is 1. The standard InChI is InChI=1S/C25H25N3O4S/c1-5-32-24(30)21-16(3)27-25-28(22(21)17-7-6-8-19(13-17)31-4)23(29)20(33-25)14-26-18-11-9-15(2)10-12-18/h6-14,22,26H,5H2,1-4H3/b20-14-/t22-/m0/s1. The van der Waals surface area contributed by atoms with Crippen LogP contribution in [-0.4, -0.2) is 24.3 Å². The van der Waals surface area contributed by atoms with Gasteiger partial charge in [-0.2, -0.15) is 0 Å². The highest BCUT2D eigenvalue weighted by molar-refractivity contribution is 7.07. The van der Waals surface area contributed by atoms with Crippen LogP contribution in [0.25, 0.3) is 6.20 Å². The fraction of sp³-hybridized carbons (Fsp3) is 0.240. The molecule has 170 valence electrons. The summed E-state index contributed by atoms with van der Waals surface area (Å²) in [5.41, 5.74) is 3.40. The van der Waals surface area contributed by atoms with Crippen molar-refractivity contribution < 1.29 is 14.3 Å². The number of carbonyl (C=O) groups excluding carboxylic acids is 1. The van der Waals surface area contributed by atoms with Crippen molar-refractivity contribution in [3.8, 4) is 5.75 Å². The van der Waals surface area contributed by atoms with Crippen molar-refractivity contribution in [2.24, 2.45) is 4.99 Å². The lowest BCUT2D eigenvalue weighted by molar-refractivity contribution is -0.139. The van der Waals surface area contributed by atoms with Crippen LogP contribution in [0.2, 0.25) is 0 Å². The average Bonchev–Trinajstić information content (AvgIpc) is 3.12. The number of benzene rings is 2. The fourth-order valence-electron chi connectivity index (χ4n) is 3.72. The number of aryl methyl sites for hydroxylation is 1. The van der Waals surface area contributed by atoms with Crippen molar-refractivity contribution in [1.82, 2.24) is 4.57 Å². The SMILES string of the molecule is CCOC(=O)C1=C(C)N=c2s/c(=C\Nc3ccc(C)cc3)c(=O)n2[C@H]1c1cccc(OC)c1. The molecule has 0 bridgehead atoms. The Bertz CT molecular complexity index is 1400. The number of aromatic nitrogens is 1. The molecule has 0 radical (unpaired) electrons. The Hall–Kier alpha value is -3.65. The molecule has 1 aliphatic heterocycles. The second-order valence-electron chi connectivity index (χ2n) is 7.59. The lowest BCUT2D eigenvalue weighted by Gasteiger charge is -2.24. The maximum atomic E-state index is 13.5. The summed E-state index contributed by atoms with van der Waals surface area (Å²) in [6, 6.07) is 14.6. The number of carbonyl (C=O) groups is 1. The normalized spacial score (nSPS) is 15.6. The minimum atomic E-state index is -0.670. The van der Waals surface area contributed by atoms with Crippen molar-refractivity contribution in [1.29, 1.82) is 0 Å². The molecule has 2 heterocycles. The number of nitrogens with zero attached hydrogens (tertiary/aromatic N) is 2. The van der Waals surface area contributed by atoms with Gasteiger partial charge in [-0.05, 0) is 50.6 Å². The average molecular weight is 464 g/mol. The van der Waals surface area contributed by atoms with Crippen LogP contribution in [0.1, 0.15) is 31.0 Å². The molecule has 0 spiro atoms. The topological polar surface area (TPSA) is 81.9 Å². The van der Waals surface area contributed by atoms with Crippen molar-refractivity contribution in [2.45, 2.75) is 26.8 Å². The summed E-state index contributed by atoms with van der Waals surface area (Å²) in [7, 11) is 1.58. The predicted molar refractivity (Wildman–Crippen MR) is 129 cm³/mol. The molecular weight excluding hydrogens is 438 g/mol. The first kappa shape index (κ1) is 22.5. The van der Waals surface area contributed by atoms with E-state index in [1.165, 1.54) is 11.3 Å². The summed E-state index contributed by atoms with van der Waals surface area (Å²) >= 11 is 1.27. The van der Waals surface area contributed by atoms with E-state index in [2.05, 4.69) is 10.3 Å². The van der Waals surface area contributed by atoms with Gasteiger partial charge in [0.1, 0.15) is 10.3 Å². The molecular formula is C25H25N3O4S. The van der Waals surface area contributed by atoms with Crippen molar-refractivity contribution >= 4 is 29.2 Å². The van der Waals surface area contributed by atoms with Gasteiger partial charge in [0.2, 0.25) is 0 Å². The fourth-order valence-corrected chi connectivity index (χ4v) is 4.69. The van der Waals surface area contributed by atoms with Crippen molar-refractivity contribution in [3.63, 3.8) is 0 Å². The minimum absolute atomic E-state index is 0.228. The highest BCUT2D eigenvalue weighted by Gasteiger charge is 2.33. The van der Waals surface area contributed by atoms with Crippen molar-refractivity contribution in [3.05, 3.63) is 90.6 Å². The van der Waals surface area contributed by atoms with E-state index in [4.69, 9.17) is 9.47 Å². The third-order valence-corrected chi connectivity index (χ3v) is 6.33. The highest BCUT2D eigenvalue weighted by Crippen LogP contribution is 2.32. The van der Waals surface area contributed by atoms with Gasteiger partial charge in [-0.25, -0.2) is 9.79 Å². The quantitative estimate of drug-likeness (QED) is 0.568. The van der Waals surface area contributed by atoms with Gasteiger partial charge < -0.3 is 14.8 Å². The molecule has 0 unspecified atom stereocenters. The number of hydrogen-bond acceptors (Lipinski definition) is 7. The van der Waals surface area contributed by atoms with E-state index in [1.54, 1.807) is 31.7 Å². The predicted octanol–water partition coefficient (Wildman–Crippen LogP) is 3.14. The Morgan fingerprint density at radius 3 is 2.67 bits per heavy atom. The van der Waals surface area contributed by atoms with E-state index in [0.717, 1.165) is 16.8 Å². The van der Waals surface area contributed by atoms with E-state index in [0.29, 0.717) is 26.4 Å². The zero-order valence-electron chi connectivity index (χ0n) is 18.9. The van der Waals surface area contributed by atoms with Gasteiger partial charge in [-0.1, -0.05) is 41.2 Å². The third-order valence-electron chi connectivity index (χ3n) is 5.35. The van der Waals surface area contributed by atoms with Gasteiger partial charge in [0.25, 0.3) is 5.56 Å².